The quantitative estimate of drug-likeness (QED) is 0.204. The molecule has 0 saturated carbocycles. The fourth-order valence-corrected chi connectivity index (χ4v) is 0. The Bertz CT molecular complexity index is 30.8. The minimum Gasteiger partial charge on any atom is -0.457 e. The Labute approximate surface area is 355 Å². The van der Waals surface area contributed by atoms with Crippen molar-refractivity contribution in [2.75, 3.05) is 0 Å². The van der Waals surface area contributed by atoms with Gasteiger partial charge in [-0.05, 0) is 0 Å². The molecule has 0 aliphatic carbocycles. The van der Waals surface area contributed by atoms with Crippen LogP contribution in [0.2, 0.25) is 0 Å². The second kappa shape index (κ2) is 3300. The number of hydrogen-bond donors (Lipinski definition) is 0. The van der Waals surface area contributed by atoms with Crippen LogP contribution in [0.3, 0.4) is 0 Å². The van der Waals surface area contributed by atoms with E-state index in [0.29, 0.717) is 0 Å². The van der Waals surface area contributed by atoms with E-state index in [-0.39, 0.29) is 359 Å². The summed E-state index contributed by atoms with van der Waals surface area (Å²) in [5.74, 6) is 0. The van der Waals surface area contributed by atoms with Gasteiger partial charge < -0.3 is 170 Å². The van der Waals surface area contributed by atoms with E-state index in [1.165, 1.54) is 0 Å². The van der Waals surface area contributed by atoms with E-state index in [4.69, 9.17) is 0 Å². The molecule has 0 aromatic heterocycles. The van der Waals surface area contributed by atoms with Crippen LogP contribution in [-0.2, 0) is 233 Å². The molecule has 0 radical (unpaired) electrons. The summed E-state index contributed by atoms with van der Waals surface area (Å²) in [6.07, 6.45) is 0. The Kier molecular flexibility index (Phi) is 292000. The number of hydrogen-bond acceptors (Lipinski definition) is 0. The van der Waals surface area contributed by atoms with Crippen LogP contribution in [0.15, 0.2) is 0 Å². The first-order chi connectivity index (χ1) is 0. The topological polar surface area (TPSA) is 988 Å². The van der Waals surface area contributed by atoms with E-state index < -0.39 is 0 Å². The van der Waals surface area contributed by atoms with Gasteiger partial charge in [0.05, 0.1) is 0 Å². The Morgan fingerprint density at radius 1 is 0.0750 bits per heavy atom. The maximum absolute atomic E-state index is 0. The summed E-state index contributed by atoms with van der Waals surface area (Å²) in [5.41, 5.74) is 0. The third-order valence-electron chi connectivity index (χ3n) is 0. The molecule has 0 saturated heterocycles. The van der Waals surface area contributed by atoms with Crippen LogP contribution in [0, 0.1) is 0 Å². The average molecular weight is 2220 g/mol. The van der Waals surface area contributed by atoms with E-state index in [2.05, 4.69) is 0 Å². The standard InChI is InChI=1S/31H2O.9W/h31*1H2;;;;;;;;;/p+8. The van der Waals surface area contributed by atoms with Gasteiger partial charge in [0.15, 0.2) is 0 Å². The summed E-state index contributed by atoms with van der Waals surface area (Å²) in [5, 5.41) is 0. The van der Waals surface area contributed by atoms with Gasteiger partial charge in [0.2, 0.25) is 0 Å². The fraction of sp³-hybridized carbons (Fsp3) is 0. The third kappa shape index (κ3) is 3080. The first-order valence-corrected chi connectivity index (χ1v) is 0. The van der Waals surface area contributed by atoms with Gasteiger partial charge in [0.1, 0.15) is 0 Å². The van der Waals surface area contributed by atoms with Crippen molar-refractivity contribution >= 4 is 0 Å². The predicted molar refractivity (Wildman–Crippen MR) is 122 cm³/mol. The van der Waals surface area contributed by atoms with Gasteiger partial charge in [-0.1, -0.05) is 0 Å². The molecule has 40 heavy (non-hydrogen) atoms. The minimum atomic E-state index is 0. The summed E-state index contributed by atoms with van der Waals surface area (Å²) >= 11 is 0. The van der Waals surface area contributed by atoms with Crippen LogP contribution < -0.4 is 0 Å². The SMILES string of the molecule is O.O.O.O.O.O.O.O.O.O.O.O.O.O.O.O.O.O.O.O.O.O.O.[OH3+].[OH3+].[OH3+].[OH3+].[OH3+].[OH3+].[OH3+].[OH3+].[W].[W].[W].[W].[W].[W].[W].[W].[W]. The molecule has 0 atom stereocenters. The van der Waals surface area contributed by atoms with Gasteiger partial charge >= 0.3 is 0 Å². The molecule has 0 aromatic carbocycles. The van der Waals surface area contributed by atoms with E-state index in [0.717, 1.165) is 0 Å². The minimum absolute atomic E-state index is 0. The first-order valence-electron chi connectivity index (χ1n) is 0. The van der Waals surface area contributed by atoms with Gasteiger partial charge in [-0.15, -0.1) is 0 Å². The number of rotatable bonds is 0. The molecular weight excluding hydrogens is 2150 g/mol. The van der Waals surface area contributed by atoms with Crippen molar-refractivity contribution < 1.29 is 359 Å². The zero-order chi connectivity index (χ0) is 0. The van der Waals surface area contributed by atoms with Crippen molar-refractivity contribution in [3.8, 4) is 0 Å². The molecule has 0 aliphatic rings. The summed E-state index contributed by atoms with van der Waals surface area (Å²) < 4.78 is 0. The zero-order valence-corrected chi connectivity index (χ0v) is 46.2. The van der Waals surface area contributed by atoms with Gasteiger partial charge in [-0.3, -0.25) is 0 Å². The average Bonchev–Trinajstić information content (AvgIpc) is 0. The Morgan fingerprint density at radius 2 is 0.0750 bits per heavy atom. The fourth-order valence-electron chi connectivity index (χ4n) is 0. The summed E-state index contributed by atoms with van der Waals surface area (Å²) in [6.45, 7) is 0. The molecule has 31 nitrogen and oxygen atoms in total. The van der Waals surface area contributed by atoms with E-state index in [1.807, 2.05) is 0 Å². The van der Waals surface area contributed by atoms with Gasteiger partial charge in [-0.25, -0.2) is 0 Å². The molecule has 40 heteroatoms. The summed E-state index contributed by atoms with van der Waals surface area (Å²) in [6, 6.07) is 0. The molecule has 0 aliphatic heterocycles. The zero-order valence-electron chi connectivity index (χ0n) is 19.8. The maximum Gasteiger partial charge on any atom is 0 e. The van der Waals surface area contributed by atoms with Gasteiger partial charge in [0.25, 0.3) is 0 Å². The van der Waals surface area contributed by atoms with E-state index in [1.54, 1.807) is 0 Å². The monoisotopic (exact) mass is 2220 g/mol. The van der Waals surface area contributed by atoms with Crippen LogP contribution in [-0.4, -0.2) is 126 Å². The van der Waals surface area contributed by atoms with Gasteiger partial charge in [-0.2, -0.15) is 0 Å². The smallest absolute Gasteiger partial charge is 0 e. The maximum atomic E-state index is 0. The molecule has 0 heterocycles. The molecule has 0 rings (SSSR count). The van der Waals surface area contributed by atoms with Crippen LogP contribution in [0.5, 0.6) is 0 Å². The van der Waals surface area contributed by atoms with Crippen molar-refractivity contribution in [2.45, 2.75) is 0 Å². The largest absolute Gasteiger partial charge is 0.457 e. The Morgan fingerprint density at radius 3 is 0.0750 bits per heavy atom. The molecule has 0 amide bonds. The molecule has 0 unspecified atom stereocenters. The second-order valence-electron chi connectivity index (χ2n) is 0. The van der Waals surface area contributed by atoms with Crippen molar-refractivity contribution in [1.29, 1.82) is 0 Å². The van der Waals surface area contributed by atoms with Crippen LogP contribution in [0.25, 0.3) is 0 Å². The molecule has 0 bridgehead atoms. The molecule has 0 spiro atoms. The van der Waals surface area contributed by atoms with Crippen LogP contribution >= 0.6 is 0 Å². The Balaban J connectivity index is 0. The van der Waals surface area contributed by atoms with Crippen molar-refractivity contribution in [2.24, 2.45) is 0 Å². The molecule has 302 valence electrons. The van der Waals surface area contributed by atoms with Crippen molar-refractivity contribution in [1.82, 2.24) is 0 Å². The molecule has 70 N–H and O–H groups in total. The first kappa shape index (κ1) is 3540. The molecule has 0 fully saturated rings. The molecular formula is H70O31W9+8. The second-order valence-corrected chi connectivity index (χ2v) is 0. The van der Waals surface area contributed by atoms with Crippen molar-refractivity contribution in [3.63, 3.8) is 0 Å². The summed E-state index contributed by atoms with van der Waals surface area (Å²) in [7, 11) is 0. The normalized spacial score (nSPS) is 0. The predicted octanol–water partition coefficient (Wildman–Crippen LogP) is -26.4. The Hall–Kier alpha value is 4.95. The molecule has 0 aromatic rings. The third-order valence-corrected chi connectivity index (χ3v) is 0. The van der Waals surface area contributed by atoms with E-state index in [9.17, 15) is 0 Å². The van der Waals surface area contributed by atoms with Crippen LogP contribution in [0.4, 0.5) is 0 Å². The summed E-state index contributed by atoms with van der Waals surface area (Å²) in [4.78, 5) is 0. The van der Waals surface area contributed by atoms with E-state index >= 15 is 0 Å². The van der Waals surface area contributed by atoms with Gasteiger partial charge in [0, 0.05) is 190 Å². The van der Waals surface area contributed by atoms with Crippen LogP contribution in [0.1, 0.15) is 0 Å². The van der Waals surface area contributed by atoms with Crippen molar-refractivity contribution in [3.05, 3.63) is 0 Å².